The maximum atomic E-state index is 12.5. The van der Waals surface area contributed by atoms with Gasteiger partial charge in [-0.25, -0.2) is 0 Å². The zero-order chi connectivity index (χ0) is 14.8. The van der Waals surface area contributed by atoms with E-state index < -0.39 is 5.54 Å². The fourth-order valence-corrected chi connectivity index (χ4v) is 3.30. The van der Waals surface area contributed by atoms with Crippen LogP contribution in [-0.4, -0.2) is 21.0 Å². The van der Waals surface area contributed by atoms with Gasteiger partial charge < -0.3 is 5.32 Å². The molecule has 0 bridgehead atoms. The Morgan fingerprint density at radius 1 is 1.35 bits per heavy atom. The summed E-state index contributed by atoms with van der Waals surface area (Å²) >= 11 is 1.10. The van der Waals surface area contributed by atoms with Crippen LogP contribution in [0.1, 0.15) is 68.2 Å². The van der Waals surface area contributed by atoms with E-state index in [0.29, 0.717) is 10.6 Å². The Kier molecular flexibility index (Phi) is 4.09. The van der Waals surface area contributed by atoms with Gasteiger partial charge in [-0.1, -0.05) is 44.5 Å². The topological polar surface area (TPSA) is 78.7 Å². The number of nitrogens with zero attached hydrogens (tertiary/aromatic N) is 3. The molecule has 0 saturated heterocycles. The van der Waals surface area contributed by atoms with E-state index in [1.165, 1.54) is 0 Å². The second-order valence-electron chi connectivity index (χ2n) is 6.41. The lowest BCUT2D eigenvalue weighted by Gasteiger charge is -2.31. The number of nitriles is 1. The lowest BCUT2D eigenvalue weighted by atomic mass is 9.82. The fourth-order valence-electron chi connectivity index (χ4n) is 2.52. The van der Waals surface area contributed by atoms with E-state index in [4.69, 9.17) is 0 Å². The minimum Gasteiger partial charge on any atom is -0.333 e. The number of carbonyl (C=O) groups excluding carboxylic acids is 1. The summed E-state index contributed by atoms with van der Waals surface area (Å²) in [5.74, 6) is -0.214. The monoisotopic (exact) mass is 292 g/mol. The zero-order valence-corrected chi connectivity index (χ0v) is 13.0. The van der Waals surface area contributed by atoms with Crippen LogP contribution in [0.5, 0.6) is 0 Å². The summed E-state index contributed by atoms with van der Waals surface area (Å²) in [5.41, 5.74) is -0.246. The third-order valence-corrected chi connectivity index (χ3v) is 4.40. The summed E-state index contributed by atoms with van der Waals surface area (Å²) in [4.78, 5) is 13.0. The largest absolute Gasteiger partial charge is 0.333 e. The molecule has 1 aromatic heterocycles. The van der Waals surface area contributed by atoms with Crippen molar-refractivity contribution in [2.75, 3.05) is 0 Å². The third kappa shape index (κ3) is 2.98. The summed E-state index contributed by atoms with van der Waals surface area (Å²) in [6.45, 7) is 6.00. The Labute approximate surface area is 123 Å². The number of aromatic nitrogens is 2. The Bertz CT molecular complexity index is 532. The molecule has 0 spiro atoms. The van der Waals surface area contributed by atoms with Crippen molar-refractivity contribution >= 4 is 17.4 Å². The van der Waals surface area contributed by atoms with Gasteiger partial charge in [0.25, 0.3) is 5.91 Å². The molecule has 2 rings (SSSR count). The van der Waals surface area contributed by atoms with Gasteiger partial charge in [0, 0.05) is 5.41 Å². The summed E-state index contributed by atoms with van der Waals surface area (Å²) in [7, 11) is 0. The van der Waals surface area contributed by atoms with E-state index in [1.807, 2.05) is 20.8 Å². The molecule has 0 aromatic carbocycles. The van der Waals surface area contributed by atoms with Gasteiger partial charge >= 0.3 is 0 Å². The minimum atomic E-state index is -0.714. The summed E-state index contributed by atoms with van der Waals surface area (Å²) in [6.07, 6.45) is 4.56. The molecule has 1 saturated carbocycles. The van der Waals surface area contributed by atoms with Crippen LogP contribution in [0.2, 0.25) is 0 Å². The third-order valence-electron chi connectivity index (χ3n) is 3.68. The Balaban J connectivity index is 2.21. The van der Waals surface area contributed by atoms with Crippen molar-refractivity contribution in [2.45, 2.75) is 63.8 Å². The molecule has 1 fully saturated rings. The molecular formula is C14H20N4OS. The van der Waals surface area contributed by atoms with Crippen molar-refractivity contribution < 1.29 is 4.79 Å². The highest BCUT2D eigenvalue weighted by molar-refractivity contribution is 7.08. The van der Waals surface area contributed by atoms with Gasteiger partial charge in [-0.05, 0) is 24.4 Å². The molecule has 1 aliphatic rings. The predicted molar refractivity (Wildman–Crippen MR) is 77.5 cm³/mol. The number of hydrogen-bond acceptors (Lipinski definition) is 5. The SMILES string of the molecule is CC(C)(C)c1nnsc1C(=O)NC1(C#N)CCCCC1. The molecule has 0 atom stereocenters. The van der Waals surface area contributed by atoms with Crippen molar-refractivity contribution in [3.63, 3.8) is 0 Å². The first-order valence-electron chi connectivity index (χ1n) is 6.95. The van der Waals surface area contributed by atoms with E-state index in [1.54, 1.807) is 0 Å². The average molecular weight is 292 g/mol. The van der Waals surface area contributed by atoms with Gasteiger partial charge in [-0.2, -0.15) is 5.26 Å². The van der Waals surface area contributed by atoms with E-state index >= 15 is 0 Å². The molecule has 0 aliphatic heterocycles. The number of rotatable bonds is 2. The quantitative estimate of drug-likeness (QED) is 0.909. The van der Waals surface area contributed by atoms with Gasteiger partial charge in [0.15, 0.2) is 0 Å². The van der Waals surface area contributed by atoms with E-state index in [2.05, 4.69) is 21.0 Å². The van der Waals surface area contributed by atoms with Crippen LogP contribution in [0.15, 0.2) is 0 Å². The molecule has 1 aromatic rings. The second-order valence-corrected chi connectivity index (χ2v) is 7.16. The van der Waals surface area contributed by atoms with Crippen LogP contribution < -0.4 is 5.32 Å². The lowest BCUT2D eigenvalue weighted by Crippen LogP contribution is -2.48. The van der Waals surface area contributed by atoms with Crippen LogP contribution in [0.3, 0.4) is 0 Å². The first-order chi connectivity index (χ1) is 9.38. The minimum absolute atomic E-state index is 0.214. The van der Waals surface area contributed by atoms with Crippen LogP contribution in [0.4, 0.5) is 0 Å². The van der Waals surface area contributed by atoms with Gasteiger partial charge in [0.1, 0.15) is 10.4 Å². The maximum Gasteiger partial charge on any atom is 0.266 e. The van der Waals surface area contributed by atoms with Crippen molar-refractivity contribution in [3.05, 3.63) is 10.6 Å². The maximum absolute atomic E-state index is 12.5. The van der Waals surface area contributed by atoms with E-state index in [9.17, 15) is 10.1 Å². The standard InChI is InChI=1S/C14H20N4OS/c1-13(2,3)11-10(20-18-17-11)12(19)16-14(9-15)7-5-4-6-8-14/h4-8H2,1-3H3,(H,16,19). The number of amides is 1. The lowest BCUT2D eigenvalue weighted by molar-refractivity contribution is 0.0904. The Hall–Kier alpha value is -1.48. The molecule has 20 heavy (non-hydrogen) atoms. The normalized spacial score (nSPS) is 18.3. The highest BCUT2D eigenvalue weighted by Gasteiger charge is 2.36. The molecule has 1 heterocycles. The molecule has 1 amide bonds. The number of hydrogen-bond donors (Lipinski definition) is 1. The van der Waals surface area contributed by atoms with E-state index in [0.717, 1.165) is 43.6 Å². The van der Waals surface area contributed by atoms with Crippen molar-refractivity contribution in [1.82, 2.24) is 14.9 Å². The molecular weight excluding hydrogens is 272 g/mol. The van der Waals surface area contributed by atoms with Crippen molar-refractivity contribution in [3.8, 4) is 6.07 Å². The predicted octanol–water partition coefficient (Wildman–Crippen LogP) is 2.79. The van der Waals surface area contributed by atoms with Gasteiger partial charge in [-0.3, -0.25) is 4.79 Å². The molecule has 5 nitrogen and oxygen atoms in total. The Morgan fingerprint density at radius 2 is 2.00 bits per heavy atom. The zero-order valence-electron chi connectivity index (χ0n) is 12.2. The average Bonchev–Trinajstić information content (AvgIpc) is 2.89. The fraction of sp³-hybridized carbons (Fsp3) is 0.714. The van der Waals surface area contributed by atoms with Crippen LogP contribution >= 0.6 is 11.5 Å². The van der Waals surface area contributed by atoms with Crippen LogP contribution in [0, 0.1) is 11.3 Å². The molecule has 6 heteroatoms. The van der Waals surface area contributed by atoms with Gasteiger partial charge in [0.05, 0.1) is 11.8 Å². The Morgan fingerprint density at radius 3 is 2.55 bits per heavy atom. The van der Waals surface area contributed by atoms with Crippen molar-refractivity contribution in [2.24, 2.45) is 0 Å². The van der Waals surface area contributed by atoms with E-state index in [-0.39, 0.29) is 11.3 Å². The highest BCUT2D eigenvalue weighted by Crippen LogP contribution is 2.30. The first-order valence-corrected chi connectivity index (χ1v) is 7.72. The first kappa shape index (κ1) is 14.9. The second kappa shape index (κ2) is 5.49. The number of nitrogens with one attached hydrogen (secondary N) is 1. The highest BCUT2D eigenvalue weighted by atomic mass is 32.1. The summed E-state index contributed by atoms with van der Waals surface area (Å²) in [6, 6.07) is 2.30. The smallest absolute Gasteiger partial charge is 0.266 e. The summed E-state index contributed by atoms with van der Waals surface area (Å²) in [5, 5.41) is 16.4. The summed E-state index contributed by atoms with van der Waals surface area (Å²) < 4.78 is 3.90. The van der Waals surface area contributed by atoms with Gasteiger partial charge in [-0.15, -0.1) is 5.10 Å². The molecule has 108 valence electrons. The van der Waals surface area contributed by atoms with Crippen LogP contribution in [0.25, 0.3) is 0 Å². The van der Waals surface area contributed by atoms with Gasteiger partial charge in [0.2, 0.25) is 0 Å². The molecule has 0 radical (unpaired) electrons. The number of carbonyl (C=O) groups is 1. The van der Waals surface area contributed by atoms with Crippen LogP contribution in [-0.2, 0) is 5.41 Å². The molecule has 0 unspecified atom stereocenters. The van der Waals surface area contributed by atoms with Crippen molar-refractivity contribution in [1.29, 1.82) is 5.26 Å². The molecule has 1 N–H and O–H groups in total. The molecule has 1 aliphatic carbocycles.